The van der Waals surface area contributed by atoms with E-state index in [4.69, 9.17) is 4.74 Å². The fourth-order valence-corrected chi connectivity index (χ4v) is 3.51. The number of anilines is 2. The number of amides is 2. The van der Waals surface area contributed by atoms with E-state index in [9.17, 15) is 18.8 Å². The minimum atomic E-state index is -0.514. The van der Waals surface area contributed by atoms with Crippen LogP contribution in [0.3, 0.4) is 0 Å². The normalized spacial score (nSPS) is 10.7. The second-order valence-electron chi connectivity index (χ2n) is 6.51. The van der Waals surface area contributed by atoms with Crippen LogP contribution in [0.4, 0.5) is 15.2 Å². The van der Waals surface area contributed by atoms with E-state index in [0.29, 0.717) is 22.3 Å². The van der Waals surface area contributed by atoms with Crippen molar-refractivity contribution >= 4 is 51.7 Å². The van der Waals surface area contributed by atoms with E-state index in [1.807, 2.05) is 13.8 Å². The molecule has 0 atom stereocenters. The van der Waals surface area contributed by atoms with Gasteiger partial charge in [-0.05, 0) is 37.1 Å². The van der Waals surface area contributed by atoms with Gasteiger partial charge in [-0.25, -0.2) is 14.2 Å². The first-order valence-electron chi connectivity index (χ1n) is 8.82. The van der Waals surface area contributed by atoms with E-state index in [2.05, 4.69) is 15.6 Å². The minimum Gasteiger partial charge on any atom is -0.461 e. The summed E-state index contributed by atoms with van der Waals surface area (Å²) in [6, 6.07) is 5.41. The number of aromatic nitrogens is 1. The van der Waals surface area contributed by atoms with Crippen molar-refractivity contribution in [2.45, 2.75) is 20.8 Å². The Morgan fingerprint density at radius 3 is 2.38 bits per heavy atom. The highest BCUT2D eigenvalue weighted by Gasteiger charge is 2.18. The van der Waals surface area contributed by atoms with E-state index in [-0.39, 0.29) is 40.7 Å². The molecule has 156 valence electrons. The molecule has 0 unspecified atom stereocenters. The van der Waals surface area contributed by atoms with Gasteiger partial charge in [-0.1, -0.05) is 13.8 Å². The second-order valence-corrected chi connectivity index (χ2v) is 8.70. The maximum absolute atomic E-state index is 12.8. The largest absolute Gasteiger partial charge is 0.461 e. The predicted octanol–water partition coefficient (Wildman–Crippen LogP) is 3.71. The Hall–Kier alpha value is -2.46. The number of halogens is 1. The number of ether oxygens (including phenoxy) is 1. The van der Waals surface area contributed by atoms with Gasteiger partial charge in [-0.3, -0.25) is 9.59 Å². The lowest BCUT2D eigenvalue weighted by molar-refractivity contribution is -0.114. The van der Waals surface area contributed by atoms with Crippen molar-refractivity contribution in [3.8, 4) is 0 Å². The number of benzene rings is 1. The molecule has 2 amide bonds. The van der Waals surface area contributed by atoms with Gasteiger partial charge in [-0.15, -0.1) is 23.1 Å². The molecular formula is C19H22FN3O4S2. The summed E-state index contributed by atoms with van der Waals surface area (Å²) in [5, 5.41) is 5.54. The zero-order valence-electron chi connectivity index (χ0n) is 16.3. The minimum absolute atomic E-state index is 0.0442. The third kappa shape index (κ3) is 7.82. The molecule has 1 aromatic carbocycles. The maximum atomic E-state index is 12.8. The number of nitrogens with zero attached hydrogens (tertiary/aromatic N) is 1. The molecule has 0 bridgehead atoms. The highest BCUT2D eigenvalue weighted by atomic mass is 32.2. The zero-order valence-corrected chi connectivity index (χ0v) is 17.9. The van der Waals surface area contributed by atoms with Crippen LogP contribution in [-0.2, 0) is 14.3 Å². The Balaban J connectivity index is 1.76. The van der Waals surface area contributed by atoms with Gasteiger partial charge >= 0.3 is 5.97 Å². The van der Waals surface area contributed by atoms with E-state index in [1.54, 1.807) is 6.92 Å². The molecule has 0 spiro atoms. The van der Waals surface area contributed by atoms with E-state index in [0.717, 1.165) is 11.8 Å². The number of aryl methyl sites for hydroxylation is 1. The Morgan fingerprint density at radius 2 is 1.76 bits per heavy atom. The Labute approximate surface area is 176 Å². The van der Waals surface area contributed by atoms with Crippen molar-refractivity contribution in [3.63, 3.8) is 0 Å². The quantitative estimate of drug-likeness (QED) is 0.578. The molecule has 10 heteroatoms. The molecule has 29 heavy (non-hydrogen) atoms. The summed E-state index contributed by atoms with van der Waals surface area (Å²) >= 11 is 2.31. The number of thioether (sulfide) groups is 1. The topological polar surface area (TPSA) is 97.4 Å². The maximum Gasteiger partial charge on any atom is 0.358 e. The Kier molecular flexibility index (Phi) is 8.59. The van der Waals surface area contributed by atoms with Crippen molar-refractivity contribution < 1.29 is 23.5 Å². The predicted molar refractivity (Wildman–Crippen MR) is 113 cm³/mol. The average Bonchev–Trinajstić information content (AvgIpc) is 3.01. The number of esters is 1. The van der Waals surface area contributed by atoms with Crippen LogP contribution in [0.15, 0.2) is 24.3 Å². The highest BCUT2D eigenvalue weighted by Crippen LogP contribution is 2.23. The fraction of sp³-hybridized carbons (Fsp3) is 0.368. The van der Waals surface area contributed by atoms with Gasteiger partial charge in [-0.2, -0.15) is 0 Å². The van der Waals surface area contributed by atoms with Gasteiger partial charge in [0.2, 0.25) is 11.8 Å². The molecule has 0 aliphatic rings. The monoisotopic (exact) mass is 439 g/mol. The number of carbonyl (C=O) groups excluding carboxylic acids is 3. The number of hydrogen-bond acceptors (Lipinski definition) is 7. The zero-order chi connectivity index (χ0) is 21.4. The molecule has 0 aliphatic carbocycles. The molecule has 7 nitrogen and oxygen atoms in total. The smallest absolute Gasteiger partial charge is 0.358 e. The molecule has 0 aliphatic heterocycles. The van der Waals surface area contributed by atoms with Crippen LogP contribution in [0.2, 0.25) is 0 Å². The third-order valence-corrected chi connectivity index (χ3v) is 5.20. The first kappa shape index (κ1) is 22.8. The van der Waals surface area contributed by atoms with E-state index >= 15 is 0 Å². The molecule has 1 aromatic heterocycles. The van der Waals surface area contributed by atoms with Gasteiger partial charge in [0.05, 0.1) is 18.1 Å². The molecule has 0 fully saturated rings. The standard InChI is InChI=1S/C19H22FN3O4S2/c1-11(2)8-27-18(26)17-12(3)29-19(23-17)22-16(25)10-28-9-15(24)21-14-6-4-13(20)5-7-14/h4-7,11H,8-10H2,1-3H3,(H,21,24)(H,22,23,25). The fourth-order valence-electron chi connectivity index (χ4n) is 2.07. The summed E-state index contributed by atoms with van der Waals surface area (Å²) in [7, 11) is 0. The summed E-state index contributed by atoms with van der Waals surface area (Å²) < 4.78 is 18.0. The van der Waals surface area contributed by atoms with Crippen LogP contribution >= 0.6 is 23.1 Å². The lowest BCUT2D eigenvalue weighted by Gasteiger charge is -2.05. The lowest BCUT2D eigenvalue weighted by Crippen LogP contribution is -2.18. The second kappa shape index (κ2) is 10.9. The van der Waals surface area contributed by atoms with Crippen LogP contribution in [0.1, 0.15) is 29.2 Å². The molecule has 1 heterocycles. The summed E-state index contributed by atoms with van der Waals surface area (Å²) in [6.07, 6.45) is 0. The van der Waals surface area contributed by atoms with Gasteiger partial charge in [0, 0.05) is 10.6 Å². The van der Waals surface area contributed by atoms with Crippen LogP contribution < -0.4 is 10.6 Å². The first-order chi connectivity index (χ1) is 13.7. The third-order valence-electron chi connectivity index (χ3n) is 3.38. The summed E-state index contributed by atoms with van der Waals surface area (Å²) in [5.41, 5.74) is 0.675. The number of hydrogen-bond donors (Lipinski definition) is 2. The van der Waals surface area contributed by atoms with Gasteiger partial charge in [0.25, 0.3) is 0 Å². The van der Waals surface area contributed by atoms with Crippen molar-refractivity contribution in [1.29, 1.82) is 0 Å². The number of rotatable bonds is 9. The Morgan fingerprint density at radius 1 is 1.14 bits per heavy atom. The number of carbonyl (C=O) groups is 3. The van der Waals surface area contributed by atoms with Gasteiger partial charge in [0.15, 0.2) is 10.8 Å². The van der Waals surface area contributed by atoms with Crippen molar-refractivity contribution in [1.82, 2.24) is 4.98 Å². The number of thiazole rings is 1. The average molecular weight is 440 g/mol. The molecule has 0 saturated carbocycles. The summed E-state index contributed by atoms with van der Waals surface area (Å²) in [6.45, 7) is 5.90. The SMILES string of the molecule is Cc1sc(NC(=O)CSCC(=O)Nc2ccc(F)cc2)nc1C(=O)OCC(C)C. The van der Waals surface area contributed by atoms with E-state index in [1.165, 1.54) is 35.6 Å². The molecule has 0 radical (unpaired) electrons. The van der Waals surface area contributed by atoms with Crippen molar-refractivity contribution in [3.05, 3.63) is 40.7 Å². The van der Waals surface area contributed by atoms with Gasteiger partial charge in [0.1, 0.15) is 5.82 Å². The van der Waals surface area contributed by atoms with Gasteiger partial charge < -0.3 is 15.4 Å². The first-order valence-corrected chi connectivity index (χ1v) is 10.8. The number of nitrogens with one attached hydrogen (secondary N) is 2. The van der Waals surface area contributed by atoms with E-state index < -0.39 is 5.97 Å². The molecule has 2 rings (SSSR count). The van der Waals surface area contributed by atoms with Crippen molar-refractivity contribution in [2.75, 3.05) is 28.7 Å². The lowest BCUT2D eigenvalue weighted by atomic mass is 10.2. The van der Waals surface area contributed by atoms with Crippen LogP contribution in [0, 0.1) is 18.7 Å². The van der Waals surface area contributed by atoms with Crippen LogP contribution in [-0.4, -0.2) is 40.9 Å². The molecule has 2 N–H and O–H groups in total. The van der Waals surface area contributed by atoms with Crippen LogP contribution in [0.25, 0.3) is 0 Å². The molecule has 2 aromatic rings. The Bertz CT molecular complexity index is 869. The van der Waals surface area contributed by atoms with Crippen molar-refractivity contribution in [2.24, 2.45) is 5.92 Å². The summed E-state index contributed by atoms with van der Waals surface area (Å²) in [4.78, 5) is 40.7. The molecule has 0 saturated heterocycles. The highest BCUT2D eigenvalue weighted by molar-refractivity contribution is 8.00. The summed E-state index contributed by atoms with van der Waals surface area (Å²) in [5.74, 6) is -1.20. The van der Waals surface area contributed by atoms with Crippen LogP contribution in [0.5, 0.6) is 0 Å². The molecular weight excluding hydrogens is 417 g/mol.